The van der Waals surface area contributed by atoms with E-state index in [0.29, 0.717) is 5.56 Å². The molecule has 1 heterocycles. The maximum Gasteiger partial charge on any atom is 0.328 e. The number of H-pyrrole nitrogens is 1. The summed E-state index contributed by atoms with van der Waals surface area (Å²) in [6.45, 7) is 0.309. The Bertz CT molecular complexity index is 857. The number of halogens is 1. The summed E-state index contributed by atoms with van der Waals surface area (Å²) in [6.07, 6.45) is 1.42. The van der Waals surface area contributed by atoms with Gasteiger partial charge in [0.25, 0.3) is 5.56 Å². The highest BCUT2D eigenvalue weighted by atomic mass is 19.1. The van der Waals surface area contributed by atoms with Gasteiger partial charge in [0.05, 0.1) is 6.54 Å². The molecule has 1 amide bonds. The van der Waals surface area contributed by atoms with E-state index in [1.165, 1.54) is 29.0 Å². The third kappa shape index (κ3) is 5.28. The van der Waals surface area contributed by atoms with Crippen LogP contribution in [0, 0.1) is 17.7 Å². The quantitative estimate of drug-likeness (QED) is 0.793. The van der Waals surface area contributed by atoms with Gasteiger partial charge in [-0.15, -0.1) is 0 Å². The molecule has 2 N–H and O–H groups in total. The van der Waals surface area contributed by atoms with Gasteiger partial charge in [-0.05, 0) is 24.3 Å². The molecule has 0 aliphatic heterocycles. The molecule has 23 heavy (non-hydrogen) atoms. The van der Waals surface area contributed by atoms with Gasteiger partial charge >= 0.3 is 5.69 Å². The highest BCUT2D eigenvalue weighted by Gasteiger charge is 2.02. The van der Waals surface area contributed by atoms with Crippen LogP contribution in [0.5, 0.6) is 0 Å². The molecule has 0 radical (unpaired) electrons. The third-order valence-corrected chi connectivity index (χ3v) is 2.93. The normalized spacial score (nSPS) is 9.78. The molecule has 0 fully saturated rings. The number of hydrogen-bond acceptors (Lipinski definition) is 3. The summed E-state index contributed by atoms with van der Waals surface area (Å²) < 4.78 is 13.9. The Balaban J connectivity index is 1.78. The van der Waals surface area contributed by atoms with E-state index in [9.17, 15) is 18.8 Å². The number of carbonyl (C=O) groups excluding carboxylic acids is 1. The fourth-order valence-electron chi connectivity index (χ4n) is 1.75. The number of nitrogens with one attached hydrogen (secondary N) is 2. The number of hydrogen-bond donors (Lipinski definition) is 2. The molecule has 0 saturated heterocycles. The standard InChI is InChI=1S/C16H14FN3O3/c17-13-5-3-12(4-6-13)2-1-9-18-14(21)7-10-20-11-8-15(22)19-16(20)23/h3-6,8,11H,7,9-10H2,(H,18,21)(H,19,22,23). The number of rotatable bonds is 4. The lowest BCUT2D eigenvalue weighted by Crippen LogP contribution is -2.31. The molecule has 0 unspecified atom stereocenters. The molecular weight excluding hydrogens is 301 g/mol. The molecule has 0 aliphatic rings. The average molecular weight is 315 g/mol. The highest BCUT2D eigenvalue weighted by molar-refractivity contribution is 5.76. The van der Waals surface area contributed by atoms with Crippen LogP contribution in [0.2, 0.25) is 0 Å². The van der Waals surface area contributed by atoms with Gasteiger partial charge in [-0.1, -0.05) is 11.8 Å². The molecule has 0 bridgehead atoms. The van der Waals surface area contributed by atoms with Crippen molar-refractivity contribution in [3.05, 3.63) is 68.7 Å². The molecule has 6 nitrogen and oxygen atoms in total. The number of aryl methyl sites for hydroxylation is 1. The summed E-state index contributed by atoms with van der Waals surface area (Å²) in [5.74, 6) is 4.94. The van der Waals surface area contributed by atoms with Crippen molar-refractivity contribution in [2.45, 2.75) is 13.0 Å². The monoisotopic (exact) mass is 315 g/mol. The largest absolute Gasteiger partial charge is 0.345 e. The van der Waals surface area contributed by atoms with E-state index in [4.69, 9.17) is 0 Å². The summed E-state index contributed by atoms with van der Waals surface area (Å²) >= 11 is 0. The number of aromatic nitrogens is 2. The first-order chi connectivity index (χ1) is 11.0. The molecule has 2 aromatic rings. The first-order valence-electron chi connectivity index (χ1n) is 6.85. The number of carbonyl (C=O) groups is 1. The van der Waals surface area contributed by atoms with Gasteiger partial charge in [0, 0.05) is 30.8 Å². The molecule has 118 valence electrons. The van der Waals surface area contributed by atoms with Crippen molar-refractivity contribution >= 4 is 5.91 Å². The van der Waals surface area contributed by atoms with E-state index in [2.05, 4.69) is 22.1 Å². The summed E-state index contributed by atoms with van der Waals surface area (Å²) in [7, 11) is 0. The highest BCUT2D eigenvalue weighted by Crippen LogP contribution is 2.00. The molecule has 2 rings (SSSR count). The van der Waals surface area contributed by atoms with Crippen LogP contribution in [0.3, 0.4) is 0 Å². The molecule has 7 heteroatoms. The number of benzene rings is 1. The first-order valence-corrected chi connectivity index (χ1v) is 6.85. The van der Waals surface area contributed by atoms with E-state index in [0.717, 1.165) is 0 Å². The van der Waals surface area contributed by atoms with Crippen molar-refractivity contribution in [1.82, 2.24) is 14.9 Å². The summed E-state index contributed by atoms with van der Waals surface area (Å²) in [6, 6.07) is 6.93. The Morgan fingerprint density at radius 1 is 1.22 bits per heavy atom. The van der Waals surface area contributed by atoms with Gasteiger partial charge in [0.2, 0.25) is 5.91 Å². The topological polar surface area (TPSA) is 84.0 Å². The van der Waals surface area contributed by atoms with Crippen LogP contribution < -0.4 is 16.6 Å². The zero-order chi connectivity index (χ0) is 16.7. The molecular formula is C16H14FN3O3. The van der Waals surface area contributed by atoms with Gasteiger partial charge in [0.15, 0.2) is 0 Å². The Kier molecular flexibility index (Phi) is 5.47. The maximum absolute atomic E-state index is 12.7. The van der Waals surface area contributed by atoms with Crippen molar-refractivity contribution in [2.75, 3.05) is 6.54 Å². The molecule has 0 atom stereocenters. The fraction of sp³-hybridized carbons (Fsp3) is 0.188. The van der Waals surface area contributed by atoms with E-state index in [1.807, 2.05) is 0 Å². The molecule has 0 saturated carbocycles. The Morgan fingerprint density at radius 3 is 2.65 bits per heavy atom. The van der Waals surface area contributed by atoms with E-state index < -0.39 is 11.2 Å². The smallest absolute Gasteiger partial charge is 0.328 e. The SMILES string of the molecule is O=C(CCn1ccc(=O)[nH]c1=O)NCC#Cc1ccc(F)cc1. The van der Waals surface area contributed by atoms with Crippen LogP contribution in [0.4, 0.5) is 4.39 Å². The molecule has 1 aromatic carbocycles. The Labute approximate surface area is 131 Å². The van der Waals surface area contributed by atoms with Gasteiger partial charge in [-0.3, -0.25) is 14.6 Å². The molecule has 1 aromatic heterocycles. The van der Waals surface area contributed by atoms with Crippen molar-refractivity contribution < 1.29 is 9.18 Å². The van der Waals surface area contributed by atoms with Gasteiger partial charge < -0.3 is 9.88 Å². The molecule has 0 aliphatic carbocycles. The fourth-order valence-corrected chi connectivity index (χ4v) is 1.75. The summed E-state index contributed by atoms with van der Waals surface area (Å²) in [4.78, 5) is 36.1. The lowest BCUT2D eigenvalue weighted by atomic mass is 10.2. The Morgan fingerprint density at radius 2 is 1.96 bits per heavy atom. The number of amides is 1. The van der Waals surface area contributed by atoms with Crippen LogP contribution in [0.25, 0.3) is 0 Å². The zero-order valence-corrected chi connectivity index (χ0v) is 12.1. The predicted octanol–water partition coefficient (Wildman–Crippen LogP) is 0.234. The first kappa shape index (κ1) is 16.2. The van der Waals surface area contributed by atoms with E-state index in [-0.39, 0.29) is 31.2 Å². The second-order valence-electron chi connectivity index (χ2n) is 4.64. The van der Waals surface area contributed by atoms with Crippen LogP contribution in [-0.4, -0.2) is 22.0 Å². The lowest BCUT2D eigenvalue weighted by Gasteiger charge is -2.04. The minimum absolute atomic E-state index is 0.0875. The average Bonchev–Trinajstić information content (AvgIpc) is 2.52. The minimum atomic E-state index is -0.554. The van der Waals surface area contributed by atoms with E-state index in [1.54, 1.807) is 12.1 Å². The van der Waals surface area contributed by atoms with Crippen LogP contribution in [-0.2, 0) is 11.3 Å². The van der Waals surface area contributed by atoms with Crippen molar-refractivity contribution in [1.29, 1.82) is 0 Å². The van der Waals surface area contributed by atoms with Crippen molar-refractivity contribution in [3.8, 4) is 11.8 Å². The van der Waals surface area contributed by atoms with Crippen LogP contribution in [0.15, 0.2) is 46.1 Å². The molecule has 0 spiro atoms. The third-order valence-electron chi connectivity index (χ3n) is 2.93. The number of aromatic amines is 1. The minimum Gasteiger partial charge on any atom is -0.345 e. The predicted molar refractivity (Wildman–Crippen MR) is 82.2 cm³/mol. The van der Waals surface area contributed by atoms with Gasteiger partial charge in [-0.2, -0.15) is 0 Å². The zero-order valence-electron chi connectivity index (χ0n) is 12.1. The van der Waals surface area contributed by atoms with Crippen LogP contribution >= 0.6 is 0 Å². The number of nitrogens with zero attached hydrogens (tertiary/aromatic N) is 1. The Hall–Kier alpha value is -3.14. The van der Waals surface area contributed by atoms with Crippen molar-refractivity contribution in [3.63, 3.8) is 0 Å². The maximum atomic E-state index is 12.7. The van der Waals surface area contributed by atoms with Gasteiger partial charge in [0.1, 0.15) is 5.82 Å². The lowest BCUT2D eigenvalue weighted by molar-refractivity contribution is -0.121. The summed E-state index contributed by atoms with van der Waals surface area (Å²) in [5.41, 5.74) is -0.381. The van der Waals surface area contributed by atoms with E-state index >= 15 is 0 Å². The van der Waals surface area contributed by atoms with Crippen LogP contribution in [0.1, 0.15) is 12.0 Å². The van der Waals surface area contributed by atoms with Crippen molar-refractivity contribution in [2.24, 2.45) is 0 Å². The second kappa shape index (κ2) is 7.75. The second-order valence-corrected chi connectivity index (χ2v) is 4.64. The summed E-state index contributed by atoms with van der Waals surface area (Å²) in [5, 5.41) is 2.59. The van der Waals surface area contributed by atoms with Gasteiger partial charge in [-0.25, -0.2) is 9.18 Å².